The summed E-state index contributed by atoms with van der Waals surface area (Å²) < 4.78 is 32.3. The monoisotopic (exact) mass is 364 g/mol. The molecule has 0 bridgehead atoms. The minimum atomic E-state index is -0.756. The number of nitriles is 1. The molecule has 6 heteroatoms. The predicted octanol–water partition coefficient (Wildman–Crippen LogP) is 5.30. The zero-order chi connectivity index (χ0) is 19.9. The van der Waals surface area contributed by atoms with E-state index in [4.69, 9.17) is 4.74 Å². The van der Waals surface area contributed by atoms with Crippen LogP contribution in [-0.2, 0) is 4.74 Å². The van der Waals surface area contributed by atoms with Crippen LogP contribution in [0.2, 0.25) is 0 Å². The van der Waals surface area contributed by atoms with Crippen LogP contribution in [-0.4, -0.2) is 29.7 Å². The Kier molecular flexibility index (Phi) is 7.76. The maximum absolute atomic E-state index is 13.9. The van der Waals surface area contributed by atoms with Crippen molar-refractivity contribution < 1.29 is 18.3 Å². The molecule has 1 aromatic rings. The Hall–Kier alpha value is -2.42. The first-order valence-corrected chi connectivity index (χ1v) is 8.77. The normalized spacial score (nSPS) is 14.1. The second-order valence-electron chi connectivity index (χ2n) is 6.68. The SMILES string of the molecule is CC.CC(C)(C)OC(=O)N1CCC(=C(C#N)c2ccc(F)cc2F)CC1. The van der Waals surface area contributed by atoms with Gasteiger partial charge in [0, 0.05) is 24.7 Å². The Bertz CT molecular complexity index is 706. The molecule has 1 heterocycles. The van der Waals surface area contributed by atoms with Crippen LogP contribution in [0.1, 0.15) is 53.0 Å². The minimum absolute atomic E-state index is 0.0969. The largest absolute Gasteiger partial charge is 0.444 e. The number of halogens is 2. The quantitative estimate of drug-likeness (QED) is 0.636. The van der Waals surface area contributed by atoms with E-state index in [1.165, 1.54) is 6.07 Å². The van der Waals surface area contributed by atoms with Crippen molar-refractivity contribution in [1.82, 2.24) is 4.90 Å². The van der Waals surface area contributed by atoms with Gasteiger partial charge in [-0.15, -0.1) is 0 Å². The minimum Gasteiger partial charge on any atom is -0.444 e. The van der Waals surface area contributed by atoms with E-state index in [1.54, 1.807) is 25.7 Å². The van der Waals surface area contributed by atoms with Crippen molar-refractivity contribution in [2.75, 3.05) is 13.1 Å². The lowest BCUT2D eigenvalue weighted by Crippen LogP contribution is -2.40. The van der Waals surface area contributed by atoms with Crippen molar-refractivity contribution in [3.63, 3.8) is 0 Å². The van der Waals surface area contributed by atoms with Crippen LogP contribution in [0.15, 0.2) is 23.8 Å². The summed E-state index contributed by atoms with van der Waals surface area (Å²) in [7, 11) is 0. The van der Waals surface area contributed by atoms with Gasteiger partial charge in [-0.05, 0) is 51.3 Å². The van der Waals surface area contributed by atoms with E-state index in [2.05, 4.69) is 0 Å². The highest BCUT2D eigenvalue weighted by Gasteiger charge is 2.26. The molecule has 2 rings (SSSR count). The van der Waals surface area contributed by atoms with Gasteiger partial charge in [-0.2, -0.15) is 5.26 Å². The Morgan fingerprint density at radius 3 is 2.23 bits per heavy atom. The topological polar surface area (TPSA) is 53.3 Å². The first-order valence-electron chi connectivity index (χ1n) is 8.77. The van der Waals surface area contributed by atoms with Gasteiger partial charge >= 0.3 is 6.09 Å². The molecule has 1 amide bonds. The van der Waals surface area contributed by atoms with Crippen LogP contribution in [0.25, 0.3) is 5.57 Å². The lowest BCUT2D eigenvalue weighted by Gasteiger charge is -2.31. The number of piperidine rings is 1. The van der Waals surface area contributed by atoms with Gasteiger partial charge in [-0.3, -0.25) is 0 Å². The van der Waals surface area contributed by atoms with Crippen molar-refractivity contribution in [2.24, 2.45) is 0 Å². The Morgan fingerprint density at radius 1 is 1.19 bits per heavy atom. The molecule has 0 saturated carbocycles. The number of benzene rings is 1. The molecule has 142 valence electrons. The molecule has 4 nitrogen and oxygen atoms in total. The highest BCUT2D eigenvalue weighted by molar-refractivity contribution is 5.80. The average molecular weight is 364 g/mol. The highest BCUT2D eigenvalue weighted by atomic mass is 19.1. The van der Waals surface area contributed by atoms with Gasteiger partial charge in [-0.25, -0.2) is 13.6 Å². The van der Waals surface area contributed by atoms with E-state index in [9.17, 15) is 18.8 Å². The number of nitrogens with zero attached hydrogens (tertiary/aromatic N) is 2. The number of ether oxygens (including phenoxy) is 1. The van der Waals surface area contributed by atoms with Crippen LogP contribution in [0, 0.1) is 23.0 Å². The van der Waals surface area contributed by atoms with E-state index in [1.807, 2.05) is 19.9 Å². The van der Waals surface area contributed by atoms with Gasteiger partial charge in [0.05, 0.1) is 11.6 Å². The summed E-state index contributed by atoms with van der Waals surface area (Å²) >= 11 is 0. The summed E-state index contributed by atoms with van der Waals surface area (Å²) in [6.07, 6.45) is 0.519. The number of rotatable bonds is 1. The van der Waals surface area contributed by atoms with Gasteiger partial charge in [-0.1, -0.05) is 13.8 Å². The highest BCUT2D eigenvalue weighted by Crippen LogP contribution is 2.28. The summed E-state index contributed by atoms with van der Waals surface area (Å²) in [6, 6.07) is 5.19. The molecule has 1 aliphatic heterocycles. The van der Waals surface area contributed by atoms with Crippen molar-refractivity contribution in [3.8, 4) is 6.07 Å². The number of carbonyl (C=O) groups excluding carboxylic acids is 1. The average Bonchev–Trinajstić information content (AvgIpc) is 2.58. The molecule has 1 aromatic carbocycles. The number of hydrogen-bond acceptors (Lipinski definition) is 3. The van der Waals surface area contributed by atoms with Gasteiger partial charge in [0.1, 0.15) is 17.2 Å². The molecule has 0 atom stereocenters. The Labute approximate surface area is 154 Å². The molecule has 0 spiro atoms. The lowest BCUT2D eigenvalue weighted by atomic mass is 9.93. The number of allylic oxidation sites excluding steroid dienone is 1. The van der Waals surface area contributed by atoms with Crippen molar-refractivity contribution in [1.29, 1.82) is 5.26 Å². The zero-order valence-electron chi connectivity index (χ0n) is 16.0. The molecule has 1 fully saturated rings. The van der Waals surface area contributed by atoms with E-state index in [0.717, 1.165) is 17.7 Å². The second-order valence-corrected chi connectivity index (χ2v) is 6.68. The van der Waals surface area contributed by atoms with Crippen LogP contribution >= 0.6 is 0 Å². The van der Waals surface area contributed by atoms with Crippen LogP contribution in [0.3, 0.4) is 0 Å². The number of hydrogen-bond donors (Lipinski definition) is 0. The second kappa shape index (κ2) is 9.33. The molecular weight excluding hydrogens is 338 g/mol. The third-order valence-corrected chi connectivity index (χ3v) is 3.68. The summed E-state index contributed by atoms with van der Waals surface area (Å²) in [5, 5.41) is 9.38. The van der Waals surface area contributed by atoms with E-state index in [0.29, 0.717) is 25.9 Å². The summed E-state index contributed by atoms with van der Waals surface area (Å²) in [5.41, 5.74) is 0.515. The molecule has 0 radical (unpaired) electrons. The van der Waals surface area contributed by atoms with Crippen molar-refractivity contribution in [2.45, 2.75) is 53.1 Å². The van der Waals surface area contributed by atoms with Gasteiger partial charge in [0.2, 0.25) is 0 Å². The van der Waals surface area contributed by atoms with Gasteiger partial charge < -0.3 is 9.64 Å². The fraction of sp³-hybridized carbons (Fsp3) is 0.500. The molecule has 0 N–H and O–H groups in total. The molecule has 0 aromatic heterocycles. The fourth-order valence-electron chi connectivity index (χ4n) is 2.56. The van der Waals surface area contributed by atoms with E-state index in [-0.39, 0.29) is 11.1 Å². The standard InChI is InChI=1S/C18H20F2N2O2.C2H6/c1-18(2,3)24-17(23)22-8-6-12(7-9-22)15(11-21)14-5-4-13(19)10-16(14)20;1-2/h4-5,10H,6-9H2,1-3H3;1-2H3. The summed E-state index contributed by atoms with van der Waals surface area (Å²) in [6.45, 7) is 10.2. The summed E-state index contributed by atoms with van der Waals surface area (Å²) in [5.74, 6) is -1.44. The predicted molar refractivity (Wildman–Crippen MR) is 97.3 cm³/mol. The number of likely N-dealkylation sites (tertiary alicyclic amines) is 1. The first kappa shape index (κ1) is 21.6. The van der Waals surface area contributed by atoms with Gasteiger partial charge in [0.15, 0.2) is 0 Å². The lowest BCUT2D eigenvalue weighted by molar-refractivity contribution is 0.0236. The number of carbonyl (C=O) groups is 1. The fourth-order valence-corrected chi connectivity index (χ4v) is 2.56. The Balaban J connectivity index is 0.00000163. The molecule has 26 heavy (non-hydrogen) atoms. The van der Waals surface area contributed by atoms with E-state index >= 15 is 0 Å². The van der Waals surface area contributed by atoms with Crippen LogP contribution in [0.5, 0.6) is 0 Å². The number of amides is 1. The maximum atomic E-state index is 13.9. The van der Waals surface area contributed by atoms with Crippen molar-refractivity contribution >= 4 is 11.7 Å². The molecule has 0 aliphatic carbocycles. The third kappa shape index (κ3) is 5.83. The molecule has 1 saturated heterocycles. The maximum Gasteiger partial charge on any atom is 0.410 e. The van der Waals surface area contributed by atoms with Crippen LogP contribution in [0.4, 0.5) is 13.6 Å². The molecule has 1 aliphatic rings. The zero-order valence-corrected chi connectivity index (χ0v) is 16.0. The first-order chi connectivity index (χ1) is 12.2. The molecule has 0 unspecified atom stereocenters. The van der Waals surface area contributed by atoms with Crippen LogP contribution < -0.4 is 0 Å². The van der Waals surface area contributed by atoms with Crippen molar-refractivity contribution in [3.05, 3.63) is 41.0 Å². The molecular formula is C20H26F2N2O2. The smallest absolute Gasteiger partial charge is 0.410 e. The van der Waals surface area contributed by atoms with E-state index < -0.39 is 23.3 Å². The Morgan fingerprint density at radius 2 is 1.77 bits per heavy atom. The third-order valence-electron chi connectivity index (χ3n) is 3.68. The summed E-state index contributed by atoms with van der Waals surface area (Å²) in [4.78, 5) is 13.6. The van der Waals surface area contributed by atoms with Gasteiger partial charge in [0.25, 0.3) is 0 Å².